The number of para-hydroxylation sites is 1. The van der Waals surface area contributed by atoms with Gasteiger partial charge in [0.2, 0.25) is 0 Å². The summed E-state index contributed by atoms with van der Waals surface area (Å²) in [6, 6.07) is 4.21. The molecule has 0 saturated heterocycles. The largest absolute Gasteiger partial charge is 1.00 e. The van der Waals surface area contributed by atoms with E-state index in [1.807, 2.05) is 0 Å². The van der Waals surface area contributed by atoms with Gasteiger partial charge in [-0.15, -0.1) is 5.98 Å². The first-order chi connectivity index (χ1) is 6.40. The monoisotopic (exact) mass is 260 g/mol. The molecule has 1 N–H and O–H groups in total. The molecule has 15 heavy (non-hydrogen) atoms. The van der Waals surface area contributed by atoms with E-state index in [4.69, 9.17) is 11.6 Å². The van der Waals surface area contributed by atoms with Crippen LogP contribution in [-0.2, 0) is 0 Å². The molecule has 1 aromatic rings. The van der Waals surface area contributed by atoms with E-state index in [9.17, 15) is 18.1 Å². The summed E-state index contributed by atoms with van der Waals surface area (Å²) in [4.78, 5) is 0. The van der Waals surface area contributed by atoms with Gasteiger partial charge in [0.1, 0.15) is 5.75 Å². The Kier molecular flexibility index (Phi) is 6.55. The van der Waals surface area contributed by atoms with Crippen molar-refractivity contribution in [2.45, 2.75) is 0 Å². The summed E-state index contributed by atoms with van der Waals surface area (Å²) in [7, 11) is 0. The van der Waals surface area contributed by atoms with Gasteiger partial charge in [0.25, 0.3) is 0 Å². The van der Waals surface area contributed by atoms with E-state index in [0.717, 1.165) is 6.08 Å². The maximum atomic E-state index is 11.8. The molecule has 1 aromatic carbocycles. The van der Waals surface area contributed by atoms with Crippen molar-refractivity contribution in [3.63, 3.8) is 0 Å². The zero-order valence-electron chi connectivity index (χ0n) is 7.92. The SMILES string of the molecule is Oc1c(Cl)cccc1/C=C/[B-](F)(F)F.[K+]. The molecule has 0 aromatic heterocycles. The maximum absolute atomic E-state index is 11.8. The van der Waals surface area contributed by atoms with Crippen LogP contribution in [0.3, 0.4) is 0 Å². The molecule has 0 heterocycles. The molecule has 0 radical (unpaired) electrons. The molecule has 0 unspecified atom stereocenters. The van der Waals surface area contributed by atoms with Gasteiger partial charge in [0.15, 0.2) is 0 Å². The van der Waals surface area contributed by atoms with E-state index in [1.165, 1.54) is 18.2 Å². The minimum absolute atomic E-state index is 0. The zero-order valence-corrected chi connectivity index (χ0v) is 11.8. The molecule has 0 amide bonds. The molecule has 0 spiro atoms. The standard InChI is InChI=1S/C8H6BClF3O.K/c10-7-3-1-2-6(8(7)14)4-5-9(11,12)13;/h1-5,14H;/q-1;+1/b5-4+;. The van der Waals surface area contributed by atoms with Crippen LogP contribution in [-0.4, -0.2) is 12.1 Å². The molecule has 0 saturated carbocycles. The van der Waals surface area contributed by atoms with E-state index in [-0.39, 0.29) is 73.7 Å². The van der Waals surface area contributed by atoms with Gasteiger partial charge in [-0.1, -0.05) is 29.8 Å². The molecule has 0 fully saturated rings. The average molecular weight is 260 g/mol. The fraction of sp³-hybridized carbons (Fsp3) is 0. The van der Waals surface area contributed by atoms with Gasteiger partial charge in [-0.25, -0.2) is 0 Å². The molecule has 1 rings (SSSR count). The van der Waals surface area contributed by atoms with Crippen LogP contribution < -0.4 is 51.4 Å². The molecule has 76 valence electrons. The Morgan fingerprint density at radius 3 is 2.40 bits per heavy atom. The van der Waals surface area contributed by atoms with Gasteiger partial charge in [-0.3, -0.25) is 0 Å². The van der Waals surface area contributed by atoms with Crippen molar-refractivity contribution < 1.29 is 69.4 Å². The Morgan fingerprint density at radius 2 is 1.87 bits per heavy atom. The molecule has 0 bridgehead atoms. The van der Waals surface area contributed by atoms with E-state index in [0.29, 0.717) is 0 Å². The molecule has 1 nitrogen and oxygen atoms in total. The number of phenolic OH excluding ortho intramolecular Hbond substituents is 1. The van der Waals surface area contributed by atoms with E-state index in [2.05, 4.69) is 0 Å². The van der Waals surface area contributed by atoms with Gasteiger partial charge < -0.3 is 18.1 Å². The summed E-state index contributed by atoms with van der Waals surface area (Å²) < 4.78 is 35.5. The molecule has 0 aliphatic carbocycles. The van der Waals surface area contributed by atoms with E-state index < -0.39 is 6.98 Å². The summed E-state index contributed by atoms with van der Waals surface area (Å²) in [5, 5.41) is 9.28. The third-order valence-electron chi connectivity index (χ3n) is 1.51. The molecular formula is C8H6BClF3KO. The van der Waals surface area contributed by atoms with E-state index >= 15 is 0 Å². The minimum atomic E-state index is -4.99. The van der Waals surface area contributed by atoms with Crippen molar-refractivity contribution in [3.8, 4) is 5.75 Å². The van der Waals surface area contributed by atoms with Crippen molar-refractivity contribution in [1.29, 1.82) is 0 Å². The Balaban J connectivity index is 0.00000196. The first-order valence-corrected chi connectivity index (χ1v) is 4.14. The smallest absolute Gasteiger partial charge is 0.506 e. The van der Waals surface area contributed by atoms with Crippen molar-refractivity contribution in [3.05, 3.63) is 34.8 Å². The van der Waals surface area contributed by atoms with Gasteiger partial charge in [0.05, 0.1) is 5.02 Å². The predicted molar refractivity (Wildman–Crippen MR) is 51.2 cm³/mol. The summed E-state index contributed by atoms with van der Waals surface area (Å²) in [5.74, 6) is -0.240. The van der Waals surface area contributed by atoms with Crippen molar-refractivity contribution in [2.24, 2.45) is 0 Å². The van der Waals surface area contributed by atoms with Crippen LogP contribution in [0.25, 0.3) is 6.08 Å². The zero-order chi connectivity index (χ0) is 10.8. The Hall–Kier alpha value is 0.541. The van der Waals surface area contributed by atoms with E-state index in [1.54, 1.807) is 0 Å². The third kappa shape index (κ3) is 5.42. The van der Waals surface area contributed by atoms with Crippen molar-refractivity contribution in [2.75, 3.05) is 0 Å². The normalized spacial score (nSPS) is 11.5. The fourth-order valence-corrected chi connectivity index (χ4v) is 1.06. The van der Waals surface area contributed by atoms with Crippen LogP contribution >= 0.6 is 11.6 Å². The Labute approximate surface area is 133 Å². The number of halogens is 4. The summed E-state index contributed by atoms with van der Waals surface area (Å²) >= 11 is 5.50. The number of aromatic hydroxyl groups is 1. The van der Waals surface area contributed by atoms with Crippen LogP contribution in [0.2, 0.25) is 5.02 Å². The topological polar surface area (TPSA) is 20.2 Å². The quantitative estimate of drug-likeness (QED) is 0.766. The number of hydrogen-bond donors (Lipinski definition) is 1. The molecule has 0 aliphatic heterocycles. The number of phenols is 1. The van der Waals surface area contributed by atoms with Crippen molar-refractivity contribution >= 4 is 24.7 Å². The molecule has 7 heteroatoms. The van der Waals surface area contributed by atoms with Crippen LogP contribution in [0.1, 0.15) is 5.56 Å². The second-order valence-corrected chi connectivity index (χ2v) is 3.07. The second-order valence-electron chi connectivity index (χ2n) is 2.66. The molecule has 0 atom stereocenters. The van der Waals surface area contributed by atoms with Gasteiger partial charge in [-0.05, 0) is 6.07 Å². The summed E-state index contributed by atoms with van der Waals surface area (Å²) in [6.45, 7) is -4.99. The van der Waals surface area contributed by atoms with Crippen LogP contribution in [0.4, 0.5) is 12.9 Å². The van der Waals surface area contributed by atoms with Crippen LogP contribution in [0.5, 0.6) is 5.75 Å². The van der Waals surface area contributed by atoms with Crippen molar-refractivity contribution in [1.82, 2.24) is 0 Å². The number of rotatable bonds is 2. The minimum Gasteiger partial charge on any atom is -0.506 e. The van der Waals surface area contributed by atoms with Gasteiger partial charge in [-0.2, -0.15) is 0 Å². The third-order valence-corrected chi connectivity index (χ3v) is 1.82. The fourth-order valence-electron chi connectivity index (χ4n) is 0.879. The average Bonchev–Trinajstić information content (AvgIpc) is 2.06. The number of hydrogen-bond acceptors (Lipinski definition) is 1. The van der Waals surface area contributed by atoms with Gasteiger partial charge in [0, 0.05) is 5.56 Å². The molecule has 0 aliphatic rings. The van der Waals surface area contributed by atoms with Crippen LogP contribution in [0.15, 0.2) is 24.2 Å². The summed E-state index contributed by atoms with van der Waals surface area (Å²) in [6.07, 6.45) is 0.793. The Bertz CT molecular complexity index is 367. The summed E-state index contributed by atoms with van der Waals surface area (Å²) in [5.41, 5.74) is 0.0525. The first-order valence-electron chi connectivity index (χ1n) is 3.77. The first kappa shape index (κ1) is 15.5. The molecular weight excluding hydrogens is 254 g/mol. The predicted octanol–water partition coefficient (Wildman–Crippen LogP) is 0.449. The number of benzene rings is 1. The maximum Gasteiger partial charge on any atom is 1.00 e. The second kappa shape index (κ2) is 6.32. The Morgan fingerprint density at radius 1 is 1.27 bits per heavy atom. The van der Waals surface area contributed by atoms with Crippen LogP contribution in [0, 0.1) is 0 Å². The van der Waals surface area contributed by atoms with Gasteiger partial charge >= 0.3 is 58.4 Å².